The minimum atomic E-state index is -0.431. The molecule has 6 aromatic carbocycles. The molecule has 2 aromatic heterocycles. The maximum Gasteiger partial charge on any atom is 0.164 e. The first kappa shape index (κ1) is 20.1. The van der Waals surface area contributed by atoms with Gasteiger partial charge in [-0.1, -0.05) is 127 Å². The molecule has 2 heterocycles. The molecule has 0 bridgehead atoms. The molecule has 4 nitrogen and oxygen atoms in total. The first-order valence-corrected chi connectivity index (χ1v) is 13.9. The number of hydrogen-bond donors (Lipinski definition) is 0. The Hall–Kier alpha value is -5.87. The van der Waals surface area contributed by atoms with E-state index >= 15 is 0 Å². The second-order valence-electron chi connectivity index (χ2n) is 10.1. The normalized spacial score (nSPS) is 12.9. The van der Waals surface area contributed by atoms with Gasteiger partial charge in [0.15, 0.2) is 17.5 Å². The largest absolute Gasteiger partial charge is 0.456 e. The van der Waals surface area contributed by atoms with Gasteiger partial charge >= 0.3 is 0 Å². The van der Waals surface area contributed by atoms with Crippen molar-refractivity contribution in [1.29, 1.82) is 0 Å². The van der Waals surface area contributed by atoms with E-state index in [1.807, 2.05) is 84.9 Å². The Labute approximate surface area is 256 Å². The number of benzene rings is 6. The SMILES string of the molecule is [2H]c1c([2H])c([2H])c(-c2ccc3oc4cccc(-c5nc(-c6ccccc6)nc(-c6cccc(-c7ccccc7)c6)n5)c4c3c2)c([2H])c1[2H]. The maximum absolute atomic E-state index is 8.54. The average Bonchev–Trinajstić information content (AvgIpc) is 3.52. The summed E-state index contributed by atoms with van der Waals surface area (Å²) in [6.07, 6.45) is 0. The Kier molecular flexibility index (Phi) is 4.91. The number of aromatic nitrogens is 3. The van der Waals surface area contributed by atoms with E-state index in [2.05, 4.69) is 24.3 Å². The van der Waals surface area contributed by atoms with Gasteiger partial charge in [-0.15, -0.1) is 0 Å². The van der Waals surface area contributed by atoms with E-state index in [4.69, 9.17) is 26.2 Å². The Bertz CT molecular complexity index is 2490. The molecule has 0 fully saturated rings. The van der Waals surface area contributed by atoms with Gasteiger partial charge < -0.3 is 4.42 Å². The predicted octanol–water partition coefficient (Wildman–Crippen LogP) is 10.1. The van der Waals surface area contributed by atoms with Crippen LogP contribution in [-0.2, 0) is 0 Å². The molecule has 0 aliphatic rings. The van der Waals surface area contributed by atoms with E-state index in [1.165, 1.54) is 0 Å². The van der Waals surface area contributed by atoms with Crippen molar-refractivity contribution in [3.05, 3.63) is 152 Å². The van der Waals surface area contributed by atoms with E-state index in [9.17, 15) is 0 Å². The van der Waals surface area contributed by atoms with Crippen LogP contribution in [0.25, 0.3) is 78.4 Å². The van der Waals surface area contributed by atoms with Crippen LogP contribution in [0.1, 0.15) is 6.85 Å². The highest BCUT2D eigenvalue weighted by molar-refractivity contribution is 6.12. The zero-order valence-electron chi connectivity index (χ0n) is 27.8. The van der Waals surface area contributed by atoms with Crippen LogP contribution in [0.4, 0.5) is 0 Å². The van der Waals surface area contributed by atoms with E-state index in [-0.39, 0.29) is 29.7 Å². The van der Waals surface area contributed by atoms with Gasteiger partial charge in [0.1, 0.15) is 11.2 Å². The predicted molar refractivity (Wildman–Crippen MR) is 174 cm³/mol. The molecular formula is C39H25N3O. The number of rotatable bonds is 5. The fraction of sp³-hybridized carbons (Fsp3) is 0. The molecule has 0 aliphatic heterocycles. The average molecular weight is 557 g/mol. The van der Waals surface area contributed by atoms with Crippen LogP contribution in [0.2, 0.25) is 0 Å². The van der Waals surface area contributed by atoms with Crippen molar-refractivity contribution in [2.75, 3.05) is 0 Å². The lowest BCUT2D eigenvalue weighted by Crippen LogP contribution is -2.00. The second kappa shape index (κ2) is 10.5. The molecule has 0 saturated heterocycles. The fourth-order valence-corrected chi connectivity index (χ4v) is 5.37. The van der Waals surface area contributed by atoms with Gasteiger partial charge in [0.05, 0.1) is 6.85 Å². The summed E-state index contributed by atoms with van der Waals surface area (Å²) >= 11 is 0. The van der Waals surface area contributed by atoms with Gasteiger partial charge in [-0.25, -0.2) is 15.0 Å². The lowest BCUT2D eigenvalue weighted by Gasteiger charge is -2.10. The lowest BCUT2D eigenvalue weighted by atomic mass is 10.0. The highest BCUT2D eigenvalue weighted by Gasteiger charge is 2.18. The molecule has 0 radical (unpaired) electrons. The third-order valence-electron chi connectivity index (χ3n) is 7.42. The Morgan fingerprint density at radius 3 is 1.86 bits per heavy atom. The van der Waals surface area contributed by atoms with Gasteiger partial charge in [0.2, 0.25) is 0 Å². The van der Waals surface area contributed by atoms with Crippen molar-refractivity contribution >= 4 is 21.9 Å². The first-order chi connectivity index (χ1) is 23.4. The van der Waals surface area contributed by atoms with E-state index < -0.39 is 6.04 Å². The number of fused-ring (bicyclic) bond motifs is 3. The van der Waals surface area contributed by atoms with E-state index in [0.29, 0.717) is 45.2 Å². The molecule has 0 amide bonds. The highest BCUT2D eigenvalue weighted by Crippen LogP contribution is 2.38. The molecule has 8 aromatic rings. The van der Waals surface area contributed by atoms with Crippen LogP contribution < -0.4 is 0 Å². The van der Waals surface area contributed by atoms with Crippen molar-refractivity contribution in [3.8, 4) is 56.4 Å². The second-order valence-corrected chi connectivity index (χ2v) is 10.1. The van der Waals surface area contributed by atoms with Crippen LogP contribution in [-0.4, -0.2) is 15.0 Å². The quantitative estimate of drug-likeness (QED) is 0.212. The van der Waals surface area contributed by atoms with Crippen molar-refractivity contribution in [3.63, 3.8) is 0 Å². The van der Waals surface area contributed by atoms with Crippen molar-refractivity contribution < 1.29 is 11.3 Å². The van der Waals surface area contributed by atoms with Crippen molar-refractivity contribution in [2.45, 2.75) is 0 Å². The van der Waals surface area contributed by atoms with Gasteiger partial charge in [0, 0.05) is 27.5 Å². The van der Waals surface area contributed by atoms with Crippen LogP contribution in [0, 0.1) is 0 Å². The molecule has 8 rings (SSSR count). The molecular weight excluding hydrogens is 526 g/mol. The zero-order chi connectivity index (χ0) is 32.9. The Balaban J connectivity index is 1.36. The van der Waals surface area contributed by atoms with Crippen molar-refractivity contribution in [2.24, 2.45) is 0 Å². The van der Waals surface area contributed by atoms with Gasteiger partial charge in [-0.05, 0) is 46.5 Å². The summed E-state index contributed by atoms with van der Waals surface area (Å²) in [5.74, 6) is 1.48. The first-order valence-electron chi connectivity index (χ1n) is 16.4. The lowest BCUT2D eigenvalue weighted by molar-refractivity contribution is 0.669. The maximum atomic E-state index is 8.54. The number of hydrogen-bond acceptors (Lipinski definition) is 4. The standard InChI is InChI=1S/C39H25N3O/c1-4-12-26(13-5-1)29-18-10-19-31(24-29)38-40-37(28-16-8-3-9-17-28)41-39(42-38)32-20-11-21-35-36(32)33-25-30(22-23-34(33)43-35)27-14-6-2-7-15-27/h1-25H/i2D,6D,7D,14D,15D. The minimum Gasteiger partial charge on any atom is -0.456 e. The summed E-state index contributed by atoms with van der Waals surface area (Å²) in [6.45, 7) is 0. The third kappa shape index (κ3) is 4.65. The molecule has 0 saturated carbocycles. The third-order valence-corrected chi connectivity index (χ3v) is 7.42. The molecule has 0 atom stereocenters. The topological polar surface area (TPSA) is 51.8 Å². The van der Waals surface area contributed by atoms with E-state index in [0.717, 1.165) is 27.6 Å². The molecule has 202 valence electrons. The smallest absolute Gasteiger partial charge is 0.164 e. The summed E-state index contributed by atoms with van der Waals surface area (Å²) in [4.78, 5) is 14.9. The summed E-state index contributed by atoms with van der Waals surface area (Å²) in [6, 6.07) is 37.3. The summed E-state index contributed by atoms with van der Waals surface area (Å²) in [5.41, 5.74) is 6.32. The number of furan rings is 1. The summed E-state index contributed by atoms with van der Waals surface area (Å²) in [7, 11) is 0. The van der Waals surface area contributed by atoms with E-state index in [1.54, 1.807) is 12.1 Å². The summed E-state index contributed by atoms with van der Waals surface area (Å²) in [5, 5.41) is 1.45. The molecule has 0 N–H and O–H groups in total. The molecule has 4 heteroatoms. The Morgan fingerprint density at radius 1 is 0.442 bits per heavy atom. The molecule has 0 unspecified atom stereocenters. The molecule has 0 aliphatic carbocycles. The van der Waals surface area contributed by atoms with Crippen LogP contribution in [0.15, 0.2) is 156 Å². The summed E-state index contributed by atoms with van der Waals surface area (Å²) < 4.78 is 47.7. The highest BCUT2D eigenvalue weighted by atomic mass is 16.3. The van der Waals surface area contributed by atoms with Gasteiger partial charge in [-0.3, -0.25) is 0 Å². The number of nitrogens with zero attached hydrogens (tertiary/aromatic N) is 3. The van der Waals surface area contributed by atoms with Gasteiger partial charge in [0.25, 0.3) is 0 Å². The van der Waals surface area contributed by atoms with Crippen LogP contribution in [0.3, 0.4) is 0 Å². The minimum absolute atomic E-state index is 0.127. The van der Waals surface area contributed by atoms with Gasteiger partial charge in [-0.2, -0.15) is 0 Å². The van der Waals surface area contributed by atoms with Crippen LogP contribution >= 0.6 is 0 Å². The molecule has 0 spiro atoms. The molecule has 43 heavy (non-hydrogen) atoms. The monoisotopic (exact) mass is 556 g/mol. The van der Waals surface area contributed by atoms with Crippen molar-refractivity contribution in [1.82, 2.24) is 15.0 Å². The Morgan fingerprint density at radius 2 is 1.07 bits per heavy atom. The zero-order valence-corrected chi connectivity index (χ0v) is 22.8. The fourth-order valence-electron chi connectivity index (χ4n) is 5.37. The van der Waals surface area contributed by atoms with Crippen LogP contribution in [0.5, 0.6) is 0 Å².